The SMILES string of the molecule is CN1CCC(CF)C1c1ccccc1N. The average Bonchev–Trinajstić information content (AvgIpc) is 2.60. The number of nitrogen functional groups attached to an aromatic ring is 1. The van der Waals surface area contributed by atoms with E-state index in [0.717, 1.165) is 24.2 Å². The van der Waals surface area contributed by atoms with E-state index in [-0.39, 0.29) is 18.6 Å². The molecule has 1 heterocycles. The first-order valence-electron chi connectivity index (χ1n) is 5.34. The number of likely N-dealkylation sites (tertiary alicyclic amines) is 1. The van der Waals surface area contributed by atoms with Gasteiger partial charge in [-0.2, -0.15) is 0 Å². The molecule has 1 aliphatic heterocycles. The van der Waals surface area contributed by atoms with Crippen LogP contribution < -0.4 is 5.73 Å². The smallest absolute Gasteiger partial charge is 0.0941 e. The van der Waals surface area contributed by atoms with Gasteiger partial charge in [0.15, 0.2) is 0 Å². The van der Waals surface area contributed by atoms with Crippen LogP contribution in [0, 0.1) is 5.92 Å². The molecule has 2 nitrogen and oxygen atoms in total. The average molecular weight is 208 g/mol. The molecule has 0 amide bonds. The van der Waals surface area contributed by atoms with E-state index in [9.17, 15) is 4.39 Å². The Hall–Kier alpha value is -1.09. The largest absolute Gasteiger partial charge is 0.398 e. The maximum absolute atomic E-state index is 12.9. The Balaban J connectivity index is 2.32. The molecule has 0 bridgehead atoms. The number of benzene rings is 1. The van der Waals surface area contributed by atoms with Crippen LogP contribution in [0.1, 0.15) is 18.0 Å². The van der Waals surface area contributed by atoms with E-state index in [1.807, 2.05) is 31.3 Å². The lowest BCUT2D eigenvalue weighted by Gasteiger charge is -2.25. The zero-order valence-electron chi connectivity index (χ0n) is 8.99. The summed E-state index contributed by atoms with van der Waals surface area (Å²) in [6, 6.07) is 7.92. The summed E-state index contributed by atoms with van der Waals surface area (Å²) in [5.41, 5.74) is 7.77. The summed E-state index contributed by atoms with van der Waals surface area (Å²) < 4.78 is 12.9. The molecule has 1 aromatic rings. The summed E-state index contributed by atoms with van der Waals surface area (Å²) in [6.07, 6.45) is 0.923. The van der Waals surface area contributed by atoms with Gasteiger partial charge in [-0.3, -0.25) is 9.29 Å². The van der Waals surface area contributed by atoms with E-state index in [0.29, 0.717) is 0 Å². The molecule has 0 spiro atoms. The van der Waals surface area contributed by atoms with E-state index in [2.05, 4.69) is 4.90 Å². The Morgan fingerprint density at radius 2 is 2.20 bits per heavy atom. The molecule has 2 atom stereocenters. The summed E-state index contributed by atoms with van der Waals surface area (Å²) in [4.78, 5) is 2.19. The van der Waals surface area contributed by atoms with Gasteiger partial charge in [-0.25, -0.2) is 0 Å². The van der Waals surface area contributed by atoms with Crippen LogP contribution in [-0.4, -0.2) is 25.2 Å². The third-order valence-corrected chi connectivity index (χ3v) is 3.29. The molecule has 2 rings (SSSR count). The standard InChI is InChI=1S/C12H17FN2/c1-15-7-6-9(8-13)12(15)10-4-2-3-5-11(10)14/h2-5,9,12H,6-8,14H2,1H3. The van der Waals surface area contributed by atoms with Crippen LogP contribution in [0.4, 0.5) is 10.1 Å². The van der Waals surface area contributed by atoms with Crippen molar-refractivity contribution in [2.75, 3.05) is 26.0 Å². The maximum Gasteiger partial charge on any atom is 0.0941 e. The van der Waals surface area contributed by atoms with Gasteiger partial charge in [0.25, 0.3) is 0 Å². The lowest BCUT2D eigenvalue weighted by Crippen LogP contribution is -2.22. The first-order chi connectivity index (χ1) is 7.24. The van der Waals surface area contributed by atoms with Crippen molar-refractivity contribution in [3.8, 4) is 0 Å². The summed E-state index contributed by atoms with van der Waals surface area (Å²) in [7, 11) is 2.03. The molecule has 0 aromatic heterocycles. The lowest BCUT2D eigenvalue weighted by atomic mass is 9.94. The Kier molecular flexibility index (Phi) is 2.91. The minimum Gasteiger partial charge on any atom is -0.398 e. The fraction of sp³-hybridized carbons (Fsp3) is 0.500. The van der Waals surface area contributed by atoms with Crippen molar-refractivity contribution in [2.45, 2.75) is 12.5 Å². The Bertz CT molecular complexity index is 340. The van der Waals surface area contributed by atoms with Gasteiger partial charge in [-0.15, -0.1) is 0 Å². The first-order valence-corrected chi connectivity index (χ1v) is 5.34. The van der Waals surface area contributed by atoms with Crippen LogP contribution in [-0.2, 0) is 0 Å². The van der Waals surface area contributed by atoms with Crippen LogP contribution in [0.2, 0.25) is 0 Å². The Morgan fingerprint density at radius 3 is 2.87 bits per heavy atom. The van der Waals surface area contributed by atoms with E-state index < -0.39 is 0 Å². The quantitative estimate of drug-likeness (QED) is 0.755. The Morgan fingerprint density at radius 1 is 1.47 bits per heavy atom. The van der Waals surface area contributed by atoms with Crippen LogP contribution >= 0.6 is 0 Å². The third kappa shape index (κ3) is 1.84. The first kappa shape index (κ1) is 10.4. The molecule has 0 saturated carbocycles. The zero-order valence-corrected chi connectivity index (χ0v) is 8.99. The highest BCUT2D eigenvalue weighted by atomic mass is 19.1. The van der Waals surface area contributed by atoms with Crippen molar-refractivity contribution in [3.05, 3.63) is 29.8 Å². The number of para-hydroxylation sites is 1. The number of rotatable bonds is 2. The van der Waals surface area contributed by atoms with Gasteiger partial charge in [-0.05, 0) is 31.6 Å². The molecule has 1 fully saturated rings. The number of halogens is 1. The maximum atomic E-state index is 12.9. The molecular weight excluding hydrogens is 191 g/mol. The van der Waals surface area contributed by atoms with Gasteiger partial charge in [0, 0.05) is 17.6 Å². The number of nitrogens with two attached hydrogens (primary N) is 1. The zero-order chi connectivity index (χ0) is 10.8. The second kappa shape index (κ2) is 4.19. The lowest BCUT2D eigenvalue weighted by molar-refractivity contribution is 0.246. The van der Waals surface area contributed by atoms with Gasteiger partial charge in [0.1, 0.15) is 0 Å². The van der Waals surface area contributed by atoms with Crippen molar-refractivity contribution >= 4 is 5.69 Å². The second-order valence-corrected chi connectivity index (χ2v) is 4.26. The molecule has 3 heteroatoms. The molecule has 0 radical (unpaired) electrons. The minimum absolute atomic E-state index is 0.0969. The fourth-order valence-corrected chi connectivity index (χ4v) is 2.46. The highest BCUT2D eigenvalue weighted by Gasteiger charge is 2.33. The van der Waals surface area contributed by atoms with Gasteiger partial charge in [0.05, 0.1) is 6.67 Å². The Labute approximate surface area is 89.9 Å². The second-order valence-electron chi connectivity index (χ2n) is 4.26. The van der Waals surface area contributed by atoms with Crippen molar-refractivity contribution < 1.29 is 4.39 Å². The van der Waals surface area contributed by atoms with Crippen LogP contribution in [0.15, 0.2) is 24.3 Å². The van der Waals surface area contributed by atoms with Crippen molar-refractivity contribution in [1.29, 1.82) is 0 Å². The summed E-state index contributed by atoms with van der Waals surface area (Å²) in [6.45, 7) is 0.691. The van der Waals surface area contributed by atoms with Crippen molar-refractivity contribution in [1.82, 2.24) is 4.90 Å². The molecule has 15 heavy (non-hydrogen) atoms. The topological polar surface area (TPSA) is 29.3 Å². The molecular formula is C12H17FN2. The number of nitrogens with zero attached hydrogens (tertiary/aromatic N) is 1. The molecule has 2 unspecified atom stereocenters. The van der Waals surface area contributed by atoms with Crippen LogP contribution in [0.5, 0.6) is 0 Å². The van der Waals surface area contributed by atoms with Gasteiger partial charge < -0.3 is 5.73 Å². The van der Waals surface area contributed by atoms with Gasteiger partial charge in [-0.1, -0.05) is 18.2 Å². The van der Waals surface area contributed by atoms with Gasteiger partial charge >= 0.3 is 0 Å². The molecule has 1 saturated heterocycles. The summed E-state index contributed by atoms with van der Waals surface area (Å²) in [5.74, 6) is 0.0969. The number of hydrogen-bond acceptors (Lipinski definition) is 2. The molecule has 2 N–H and O–H groups in total. The molecule has 82 valence electrons. The highest BCUT2D eigenvalue weighted by Crippen LogP contribution is 2.38. The third-order valence-electron chi connectivity index (χ3n) is 3.29. The fourth-order valence-electron chi connectivity index (χ4n) is 2.46. The van der Waals surface area contributed by atoms with Gasteiger partial charge in [0.2, 0.25) is 0 Å². The minimum atomic E-state index is -0.261. The van der Waals surface area contributed by atoms with E-state index >= 15 is 0 Å². The van der Waals surface area contributed by atoms with E-state index in [4.69, 9.17) is 5.73 Å². The number of hydrogen-bond donors (Lipinski definition) is 1. The summed E-state index contributed by atoms with van der Waals surface area (Å²) in [5, 5.41) is 0. The number of anilines is 1. The molecule has 1 aromatic carbocycles. The summed E-state index contributed by atoms with van der Waals surface area (Å²) >= 11 is 0. The normalized spacial score (nSPS) is 27.1. The monoisotopic (exact) mass is 208 g/mol. The van der Waals surface area contributed by atoms with Crippen LogP contribution in [0.25, 0.3) is 0 Å². The van der Waals surface area contributed by atoms with E-state index in [1.165, 1.54) is 0 Å². The highest BCUT2D eigenvalue weighted by molar-refractivity contribution is 5.48. The molecule has 1 aliphatic rings. The van der Waals surface area contributed by atoms with Crippen molar-refractivity contribution in [2.24, 2.45) is 5.92 Å². The predicted molar refractivity (Wildman–Crippen MR) is 60.3 cm³/mol. The molecule has 0 aliphatic carbocycles. The van der Waals surface area contributed by atoms with E-state index in [1.54, 1.807) is 0 Å². The predicted octanol–water partition coefficient (Wildman–Crippen LogP) is 2.23. The van der Waals surface area contributed by atoms with Crippen LogP contribution in [0.3, 0.4) is 0 Å². The number of alkyl halides is 1. The van der Waals surface area contributed by atoms with Crippen molar-refractivity contribution in [3.63, 3.8) is 0 Å².